The van der Waals surface area contributed by atoms with Gasteiger partial charge >= 0.3 is 0 Å². The molecule has 1 aromatic rings. The van der Waals surface area contributed by atoms with Crippen LogP contribution < -0.4 is 4.74 Å². The van der Waals surface area contributed by atoms with Crippen LogP contribution in [-0.2, 0) is 0 Å². The van der Waals surface area contributed by atoms with Crippen LogP contribution in [0, 0.1) is 0 Å². The molecule has 4 nitrogen and oxygen atoms in total. The number of carbonyl (C=O) groups excluding carboxylic acids is 1. The molecule has 0 spiro atoms. The van der Waals surface area contributed by atoms with Gasteiger partial charge in [0.25, 0.3) is 5.91 Å². The summed E-state index contributed by atoms with van der Waals surface area (Å²) >= 11 is 0. The van der Waals surface area contributed by atoms with Crippen LogP contribution in [0.4, 0.5) is 0 Å². The highest BCUT2D eigenvalue weighted by Crippen LogP contribution is 2.16. The molecule has 1 aliphatic heterocycles. The highest BCUT2D eigenvalue weighted by Gasteiger charge is 2.22. The van der Waals surface area contributed by atoms with Gasteiger partial charge in [0.1, 0.15) is 5.75 Å². The normalized spacial score (nSPS) is 19.7. The van der Waals surface area contributed by atoms with Crippen molar-refractivity contribution in [2.24, 2.45) is 0 Å². The third-order valence-corrected chi connectivity index (χ3v) is 3.10. The van der Waals surface area contributed by atoms with Crippen LogP contribution in [0.5, 0.6) is 5.75 Å². The molecule has 4 heteroatoms. The highest BCUT2D eigenvalue weighted by atomic mass is 16.5. The van der Waals surface area contributed by atoms with Crippen molar-refractivity contribution in [3.8, 4) is 5.75 Å². The van der Waals surface area contributed by atoms with Gasteiger partial charge < -0.3 is 14.7 Å². The molecular formula is C14H19NO3. The van der Waals surface area contributed by atoms with Crippen molar-refractivity contribution in [3.63, 3.8) is 0 Å². The van der Waals surface area contributed by atoms with Crippen molar-refractivity contribution in [2.45, 2.75) is 25.9 Å². The first-order valence-electron chi connectivity index (χ1n) is 6.41. The second-order valence-electron chi connectivity index (χ2n) is 4.50. The predicted molar refractivity (Wildman–Crippen MR) is 68.8 cm³/mol. The van der Waals surface area contributed by atoms with E-state index in [-0.39, 0.29) is 12.0 Å². The summed E-state index contributed by atoms with van der Waals surface area (Å²) in [5.74, 6) is 0.754. The van der Waals surface area contributed by atoms with E-state index in [1.807, 2.05) is 6.92 Å². The van der Waals surface area contributed by atoms with Gasteiger partial charge in [-0.25, -0.2) is 0 Å². The lowest BCUT2D eigenvalue weighted by molar-refractivity contribution is 0.0473. The number of rotatable bonds is 3. The Morgan fingerprint density at radius 3 is 2.78 bits per heavy atom. The first-order valence-corrected chi connectivity index (χ1v) is 6.41. The lowest BCUT2D eigenvalue weighted by Crippen LogP contribution is -2.42. The van der Waals surface area contributed by atoms with Crippen molar-refractivity contribution in [3.05, 3.63) is 29.8 Å². The number of nitrogens with zero attached hydrogens (tertiary/aromatic N) is 1. The van der Waals surface area contributed by atoms with Crippen molar-refractivity contribution in [1.82, 2.24) is 4.90 Å². The molecule has 0 saturated carbocycles. The summed E-state index contributed by atoms with van der Waals surface area (Å²) in [5, 5.41) is 9.58. The van der Waals surface area contributed by atoms with Gasteiger partial charge in [0.15, 0.2) is 0 Å². The molecule has 1 fully saturated rings. The number of amides is 1. The van der Waals surface area contributed by atoms with Gasteiger partial charge in [0, 0.05) is 18.7 Å². The Hall–Kier alpha value is -1.55. The van der Waals surface area contributed by atoms with E-state index in [1.54, 1.807) is 29.2 Å². The van der Waals surface area contributed by atoms with Gasteiger partial charge in [-0.1, -0.05) is 0 Å². The predicted octanol–water partition coefficient (Wildman–Crippen LogP) is 1.68. The summed E-state index contributed by atoms with van der Waals surface area (Å²) in [5.41, 5.74) is 0.646. The summed E-state index contributed by atoms with van der Waals surface area (Å²) in [4.78, 5) is 13.9. The number of β-amino-alcohol motifs (C(OH)–C–C–N with tert-alkyl or cyclic N) is 1. The van der Waals surface area contributed by atoms with Crippen molar-refractivity contribution in [1.29, 1.82) is 0 Å². The summed E-state index contributed by atoms with van der Waals surface area (Å²) in [6.07, 6.45) is 1.27. The van der Waals surface area contributed by atoms with Crippen LogP contribution in [0.1, 0.15) is 30.1 Å². The second-order valence-corrected chi connectivity index (χ2v) is 4.50. The smallest absolute Gasteiger partial charge is 0.253 e. The Morgan fingerprint density at radius 1 is 1.44 bits per heavy atom. The van der Waals surface area contributed by atoms with Crippen molar-refractivity contribution < 1.29 is 14.6 Å². The Labute approximate surface area is 107 Å². The molecule has 1 amide bonds. The average Bonchev–Trinajstić information content (AvgIpc) is 2.39. The Bertz CT molecular complexity index is 402. The molecule has 1 atom stereocenters. The zero-order valence-electron chi connectivity index (χ0n) is 10.6. The quantitative estimate of drug-likeness (QED) is 0.886. The number of aliphatic hydroxyl groups is 1. The molecule has 98 valence electrons. The minimum atomic E-state index is -0.384. The molecule has 0 aliphatic carbocycles. The number of piperidine rings is 1. The molecule has 1 N–H and O–H groups in total. The first kappa shape index (κ1) is 12.9. The molecule has 0 aromatic heterocycles. The number of ether oxygens (including phenoxy) is 1. The van der Waals surface area contributed by atoms with E-state index in [4.69, 9.17) is 4.74 Å². The van der Waals surface area contributed by atoms with Gasteiger partial charge in [0.05, 0.1) is 12.7 Å². The van der Waals surface area contributed by atoms with E-state index in [2.05, 4.69) is 0 Å². The number of carbonyl (C=O) groups is 1. The highest BCUT2D eigenvalue weighted by molar-refractivity contribution is 5.94. The van der Waals surface area contributed by atoms with E-state index in [9.17, 15) is 9.90 Å². The molecule has 1 saturated heterocycles. The van der Waals surface area contributed by atoms with Gasteiger partial charge in [0.2, 0.25) is 0 Å². The third-order valence-electron chi connectivity index (χ3n) is 3.10. The average molecular weight is 249 g/mol. The molecule has 2 rings (SSSR count). The maximum absolute atomic E-state index is 12.2. The molecule has 0 unspecified atom stereocenters. The van der Waals surface area contributed by atoms with Crippen molar-refractivity contribution >= 4 is 5.91 Å². The minimum Gasteiger partial charge on any atom is -0.494 e. The monoisotopic (exact) mass is 249 g/mol. The van der Waals surface area contributed by atoms with Gasteiger partial charge in [-0.3, -0.25) is 4.79 Å². The SMILES string of the molecule is CCOc1ccc(C(=O)N2CCC[C@H](O)C2)cc1. The van der Waals surface area contributed by atoms with Crippen LogP contribution in [0.25, 0.3) is 0 Å². The molecule has 1 aromatic carbocycles. The Kier molecular flexibility index (Phi) is 4.20. The number of hydrogen-bond donors (Lipinski definition) is 1. The fourth-order valence-corrected chi connectivity index (χ4v) is 2.18. The van der Waals surface area contributed by atoms with Gasteiger partial charge in [-0.15, -0.1) is 0 Å². The lowest BCUT2D eigenvalue weighted by Gasteiger charge is -2.30. The maximum atomic E-state index is 12.2. The number of benzene rings is 1. The molecule has 0 bridgehead atoms. The summed E-state index contributed by atoms with van der Waals surface area (Å²) in [7, 11) is 0. The standard InChI is InChI=1S/C14H19NO3/c1-2-18-13-7-5-11(6-8-13)14(17)15-9-3-4-12(16)10-15/h5-8,12,16H,2-4,9-10H2,1H3/t12-/m0/s1. The van der Waals surface area contributed by atoms with Crippen molar-refractivity contribution in [2.75, 3.05) is 19.7 Å². The largest absolute Gasteiger partial charge is 0.494 e. The number of likely N-dealkylation sites (tertiary alicyclic amines) is 1. The Balaban J connectivity index is 2.03. The molecule has 1 heterocycles. The molecular weight excluding hydrogens is 230 g/mol. The van der Waals surface area contributed by atoms with Crippen LogP contribution in [0.2, 0.25) is 0 Å². The van der Waals surface area contributed by atoms with E-state index in [1.165, 1.54) is 0 Å². The van der Waals surface area contributed by atoms with Crippen LogP contribution in [0.15, 0.2) is 24.3 Å². The fraction of sp³-hybridized carbons (Fsp3) is 0.500. The van der Waals surface area contributed by atoms with E-state index in [0.29, 0.717) is 18.7 Å². The fourth-order valence-electron chi connectivity index (χ4n) is 2.18. The zero-order valence-corrected chi connectivity index (χ0v) is 10.6. The van der Waals surface area contributed by atoms with Crippen LogP contribution >= 0.6 is 0 Å². The van der Waals surface area contributed by atoms with E-state index >= 15 is 0 Å². The van der Waals surface area contributed by atoms with E-state index < -0.39 is 0 Å². The minimum absolute atomic E-state index is 0.0169. The number of aliphatic hydroxyl groups excluding tert-OH is 1. The Morgan fingerprint density at radius 2 is 2.17 bits per heavy atom. The first-order chi connectivity index (χ1) is 8.70. The summed E-state index contributed by atoms with van der Waals surface area (Å²) in [6.45, 7) is 3.70. The maximum Gasteiger partial charge on any atom is 0.253 e. The van der Waals surface area contributed by atoms with E-state index in [0.717, 1.165) is 25.1 Å². The lowest BCUT2D eigenvalue weighted by atomic mass is 10.1. The second kappa shape index (κ2) is 5.87. The van der Waals surface area contributed by atoms with Crippen LogP contribution in [0.3, 0.4) is 0 Å². The topological polar surface area (TPSA) is 49.8 Å². The van der Waals surface area contributed by atoms with Gasteiger partial charge in [-0.05, 0) is 44.0 Å². The summed E-state index contributed by atoms with van der Waals surface area (Å²) in [6, 6.07) is 7.15. The third kappa shape index (κ3) is 3.01. The van der Waals surface area contributed by atoms with Crippen LogP contribution in [-0.4, -0.2) is 41.7 Å². The van der Waals surface area contributed by atoms with Gasteiger partial charge in [-0.2, -0.15) is 0 Å². The zero-order chi connectivity index (χ0) is 13.0. The molecule has 0 radical (unpaired) electrons. The molecule has 1 aliphatic rings. The molecule has 18 heavy (non-hydrogen) atoms. The summed E-state index contributed by atoms with van der Waals surface area (Å²) < 4.78 is 5.34. The number of hydrogen-bond acceptors (Lipinski definition) is 3.